The molecule has 0 aromatic heterocycles. The summed E-state index contributed by atoms with van der Waals surface area (Å²) in [6, 6.07) is 7.38. The van der Waals surface area contributed by atoms with E-state index in [1.54, 1.807) is 11.8 Å². The molecule has 2 nitrogen and oxygen atoms in total. The molecule has 1 aromatic carbocycles. The molecule has 0 atom stereocenters. The van der Waals surface area contributed by atoms with Crippen LogP contribution in [-0.2, 0) is 0 Å². The second-order valence-electron chi connectivity index (χ2n) is 4.29. The van der Waals surface area contributed by atoms with Gasteiger partial charge in [-0.25, -0.2) is 0 Å². The maximum absolute atomic E-state index is 11.8. The van der Waals surface area contributed by atoms with E-state index in [1.165, 1.54) is 0 Å². The molecule has 0 saturated heterocycles. The Balaban J connectivity index is 2.46. The predicted molar refractivity (Wildman–Crippen MR) is 74.1 cm³/mol. The summed E-state index contributed by atoms with van der Waals surface area (Å²) < 4.78 is 5.34. The Hall–Kier alpha value is -0.960. The van der Waals surface area contributed by atoms with Crippen LogP contribution in [0.15, 0.2) is 24.3 Å². The van der Waals surface area contributed by atoms with Crippen molar-refractivity contribution in [2.75, 3.05) is 18.1 Å². The second-order valence-corrected chi connectivity index (χ2v) is 5.32. The van der Waals surface area contributed by atoms with Crippen LogP contribution in [0.2, 0.25) is 0 Å². The van der Waals surface area contributed by atoms with Gasteiger partial charge in [-0.3, -0.25) is 4.79 Å². The van der Waals surface area contributed by atoms with Crippen LogP contribution in [-0.4, -0.2) is 23.9 Å². The molecule has 0 unspecified atom stereocenters. The van der Waals surface area contributed by atoms with Gasteiger partial charge in [-0.1, -0.05) is 13.8 Å². The summed E-state index contributed by atoms with van der Waals surface area (Å²) in [5.74, 6) is 3.24. The fourth-order valence-electron chi connectivity index (χ4n) is 1.37. The molecule has 0 spiro atoms. The van der Waals surface area contributed by atoms with Crippen molar-refractivity contribution >= 4 is 17.5 Å². The molecule has 0 amide bonds. The maximum Gasteiger partial charge on any atom is 0.172 e. The Morgan fingerprint density at radius 3 is 2.47 bits per heavy atom. The molecular formula is C14H20O2S. The minimum atomic E-state index is 0.193. The van der Waals surface area contributed by atoms with E-state index in [1.807, 2.05) is 31.2 Å². The topological polar surface area (TPSA) is 26.3 Å². The molecule has 17 heavy (non-hydrogen) atoms. The highest BCUT2D eigenvalue weighted by Crippen LogP contribution is 2.15. The lowest BCUT2D eigenvalue weighted by molar-refractivity contribution is 0.102. The molecule has 0 N–H and O–H groups in total. The lowest BCUT2D eigenvalue weighted by atomic mass is 10.1. The molecule has 0 fully saturated rings. The number of Topliss-reactive ketones (excluding diaryl/α,β-unsaturated/α-hetero) is 1. The van der Waals surface area contributed by atoms with Crippen LogP contribution < -0.4 is 4.74 Å². The van der Waals surface area contributed by atoms with E-state index < -0.39 is 0 Å². The van der Waals surface area contributed by atoms with Crippen molar-refractivity contribution in [3.05, 3.63) is 29.8 Å². The fraction of sp³-hybridized carbons (Fsp3) is 0.500. The number of ether oxygens (including phenoxy) is 1. The first-order chi connectivity index (χ1) is 8.13. The number of rotatable bonds is 7. The Labute approximate surface area is 108 Å². The number of hydrogen-bond acceptors (Lipinski definition) is 3. The van der Waals surface area contributed by atoms with Gasteiger partial charge in [-0.05, 0) is 42.9 Å². The molecule has 94 valence electrons. The zero-order valence-electron chi connectivity index (χ0n) is 10.7. The third-order valence-electron chi connectivity index (χ3n) is 2.17. The lowest BCUT2D eigenvalue weighted by Gasteiger charge is -2.05. The fourth-order valence-corrected chi connectivity index (χ4v) is 2.32. The van der Waals surface area contributed by atoms with Crippen LogP contribution in [0.3, 0.4) is 0 Å². The minimum Gasteiger partial charge on any atom is -0.494 e. The van der Waals surface area contributed by atoms with Crippen LogP contribution in [0.4, 0.5) is 0 Å². The summed E-state index contributed by atoms with van der Waals surface area (Å²) in [4.78, 5) is 11.8. The quantitative estimate of drug-likeness (QED) is 0.693. The van der Waals surface area contributed by atoms with E-state index in [-0.39, 0.29) is 5.78 Å². The van der Waals surface area contributed by atoms with E-state index in [4.69, 9.17) is 4.74 Å². The molecule has 0 bridgehead atoms. The van der Waals surface area contributed by atoms with Crippen LogP contribution in [0.25, 0.3) is 0 Å². The van der Waals surface area contributed by atoms with Crippen molar-refractivity contribution < 1.29 is 9.53 Å². The van der Waals surface area contributed by atoms with Gasteiger partial charge in [0.1, 0.15) is 5.75 Å². The molecule has 0 radical (unpaired) electrons. The Morgan fingerprint density at radius 2 is 1.94 bits per heavy atom. The molecule has 0 saturated carbocycles. The number of ketones is 1. The number of carbonyl (C=O) groups is 1. The summed E-state index contributed by atoms with van der Waals surface area (Å²) in [5, 5.41) is 0. The Bertz CT molecular complexity index is 344. The highest BCUT2D eigenvalue weighted by Gasteiger charge is 2.06. The summed E-state index contributed by atoms with van der Waals surface area (Å²) in [5.41, 5.74) is 0.768. The van der Waals surface area contributed by atoms with Crippen molar-refractivity contribution in [1.82, 2.24) is 0 Å². The van der Waals surface area contributed by atoms with E-state index in [2.05, 4.69) is 13.8 Å². The molecule has 0 aliphatic rings. The number of carbonyl (C=O) groups excluding carboxylic acids is 1. The van der Waals surface area contributed by atoms with E-state index in [9.17, 15) is 4.79 Å². The summed E-state index contributed by atoms with van der Waals surface area (Å²) >= 11 is 1.70. The average molecular weight is 252 g/mol. The van der Waals surface area contributed by atoms with E-state index in [0.717, 1.165) is 17.1 Å². The van der Waals surface area contributed by atoms with Gasteiger partial charge in [-0.15, -0.1) is 0 Å². The van der Waals surface area contributed by atoms with Crippen LogP contribution >= 0.6 is 11.8 Å². The third-order valence-corrected chi connectivity index (χ3v) is 3.54. The SMILES string of the molecule is CCOc1ccc(C(=O)CSCC(C)C)cc1. The predicted octanol–water partition coefficient (Wildman–Crippen LogP) is 3.66. The summed E-state index contributed by atoms with van der Waals surface area (Å²) in [7, 11) is 0. The zero-order chi connectivity index (χ0) is 12.7. The van der Waals surface area contributed by atoms with Gasteiger partial charge in [0.25, 0.3) is 0 Å². The first-order valence-electron chi connectivity index (χ1n) is 5.97. The minimum absolute atomic E-state index is 0.193. The smallest absolute Gasteiger partial charge is 0.172 e. The highest BCUT2D eigenvalue weighted by molar-refractivity contribution is 7.99. The summed E-state index contributed by atoms with van der Waals surface area (Å²) in [6.45, 7) is 6.92. The van der Waals surface area contributed by atoms with Crippen molar-refractivity contribution in [3.63, 3.8) is 0 Å². The molecule has 3 heteroatoms. The highest BCUT2D eigenvalue weighted by atomic mass is 32.2. The molecule has 0 heterocycles. The Morgan fingerprint density at radius 1 is 1.29 bits per heavy atom. The lowest BCUT2D eigenvalue weighted by Crippen LogP contribution is -2.04. The van der Waals surface area contributed by atoms with Gasteiger partial charge in [0.15, 0.2) is 5.78 Å². The average Bonchev–Trinajstić information content (AvgIpc) is 2.30. The van der Waals surface area contributed by atoms with E-state index >= 15 is 0 Å². The molecule has 0 aliphatic heterocycles. The molecule has 1 aromatic rings. The van der Waals surface area contributed by atoms with Gasteiger partial charge in [0, 0.05) is 5.56 Å². The van der Waals surface area contributed by atoms with E-state index in [0.29, 0.717) is 18.3 Å². The first-order valence-corrected chi connectivity index (χ1v) is 7.12. The number of thioether (sulfide) groups is 1. The molecular weight excluding hydrogens is 232 g/mol. The van der Waals surface area contributed by atoms with Crippen molar-refractivity contribution in [1.29, 1.82) is 0 Å². The first kappa shape index (κ1) is 14.1. The van der Waals surface area contributed by atoms with Crippen LogP contribution in [0.5, 0.6) is 5.75 Å². The monoisotopic (exact) mass is 252 g/mol. The van der Waals surface area contributed by atoms with Gasteiger partial charge < -0.3 is 4.74 Å². The van der Waals surface area contributed by atoms with Crippen LogP contribution in [0.1, 0.15) is 31.1 Å². The van der Waals surface area contributed by atoms with Gasteiger partial charge in [-0.2, -0.15) is 11.8 Å². The van der Waals surface area contributed by atoms with Crippen molar-refractivity contribution in [2.45, 2.75) is 20.8 Å². The van der Waals surface area contributed by atoms with Crippen molar-refractivity contribution in [3.8, 4) is 5.75 Å². The maximum atomic E-state index is 11.8. The molecule has 1 rings (SSSR count). The van der Waals surface area contributed by atoms with Gasteiger partial charge >= 0.3 is 0 Å². The Kier molecular flexibility index (Phi) is 6.12. The van der Waals surface area contributed by atoms with Crippen LogP contribution in [0, 0.1) is 5.92 Å². The van der Waals surface area contributed by atoms with Gasteiger partial charge in [0.05, 0.1) is 12.4 Å². The number of hydrogen-bond donors (Lipinski definition) is 0. The largest absolute Gasteiger partial charge is 0.494 e. The third kappa shape index (κ3) is 5.26. The second kappa shape index (κ2) is 7.38. The van der Waals surface area contributed by atoms with Crippen molar-refractivity contribution in [2.24, 2.45) is 5.92 Å². The molecule has 0 aliphatic carbocycles. The summed E-state index contributed by atoms with van der Waals surface area (Å²) in [6.07, 6.45) is 0. The standard InChI is InChI=1S/C14H20O2S/c1-4-16-13-7-5-12(6-8-13)14(15)10-17-9-11(2)3/h5-8,11H,4,9-10H2,1-3H3. The van der Waals surface area contributed by atoms with Gasteiger partial charge in [0.2, 0.25) is 0 Å². The number of benzene rings is 1. The normalized spacial score (nSPS) is 10.6. The zero-order valence-corrected chi connectivity index (χ0v) is 11.5.